The first-order chi connectivity index (χ1) is 11.0. The van der Waals surface area contributed by atoms with Crippen LogP contribution in [0.4, 0.5) is 0 Å². The summed E-state index contributed by atoms with van der Waals surface area (Å²) in [6.07, 6.45) is 0. The van der Waals surface area contributed by atoms with Crippen molar-refractivity contribution >= 4 is 40.1 Å². The van der Waals surface area contributed by atoms with Gasteiger partial charge in [0.1, 0.15) is 11.4 Å². The third-order valence-corrected chi connectivity index (χ3v) is 4.38. The normalized spacial score (nSPS) is 10.9. The second-order valence-electron chi connectivity index (χ2n) is 5.07. The molecule has 0 saturated carbocycles. The van der Waals surface area contributed by atoms with Gasteiger partial charge in [-0.05, 0) is 35.9 Å². The fourth-order valence-corrected chi connectivity index (χ4v) is 2.85. The number of hydrogen-bond donors (Lipinski definition) is 1. The van der Waals surface area contributed by atoms with Gasteiger partial charge < -0.3 is 14.4 Å². The Morgan fingerprint density at radius 3 is 2.65 bits per heavy atom. The Kier molecular flexibility index (Phi) is 4.20. The van der Waals surface area contributed by atoms with Crippen molar-refractivity contribution in [1.29, 1.82) is 0 Å². The van der Waals surface area contributed by atoms with Gasteiger partial charge in [0, 0.05) is 11.9 Å². The van der Waals surface area contributed by atoms with Crippen molar-refractivity contribution in [2.75, 3.05) is 7.11 Å². The zero-order valence-electron chi connectivity index (χ0n) is 12.2. The van der Waals surface area contributed by atoms with Crippen molar-refractivity contribution in [2.24, 2.45) is 0 Å². The number of fused-ring (bicyclic) bond motifs is 1. The molecule has 0 unspecified atom stereocenters. The maximum Gasteiger partial charge on any atom is 0.354 e. The molecule has 0 radical (unpaired) electrons. The first-order valence-electron chi connectivity index (χ1n) is 6.84. The maximum atomic E-state index is 12.1. The number of benzene rings is 2. The van der Waals surface area contributed by atoms with Crippen LogP contribution in [0.2, 0.25) is 10.0 Å². The molecule has 23 heavy (non-hydrogen) atoms. The monoisotopic (exact) mass is 349 g/mol. The van der Waals surface area contributed by atoms with Gasteiger partial charge in [-0.1, -0.05) is 35.3 Å². The predicted octanol–water partition coefficient (Wildman–Crippen LogP) is 4.49. The third kappa shape index (κ3) is 2.87. The van der Waals surface area contributed by atoms with E-state index in [0.717, 1.165) is 11.1 Å². The number of carbonyl (C=O) groups is 1. The number of aromatic nitrogens is 1. The first kappa shape index (κ1) is 15.7. The second kappa shape index (κ2) is 6.14. The van der Waals surface area contributed by atoms with E-state index < -0.39 is 5.97 Å². The molecule has 1 heterocycles. The molecule has 0 saturated heterocycles. The molecule has 0 bridgehead atoms. The number of esters is 1. The molecule has 0 amide bonds. The van der Waals surface area contributed by atoms with Gasteiger partial charge >= 0.3 is 5.97 Å². The SMILES string of the molecule is COC(=O)c1cc2c(O)cccc2n1Cc1ccc(Cl)c(Cl)c1. The fraction of sp³-hybridized carbons (Fsp3) is 0.118. The molecule has 3 rings (SSSR count). The van der Waals surface area contributed by atoms with Gasteiger partial charge in [-0.15, -0.1) is 0 Å². The molecule has 0 spiro atoms. The molecule has 0 aliphatic heterocycles. The smallest absolute Gasteiger partial charge is 0.354 e. The van der Waals surface area contributed by atoms with E-state index in [1.54, 1.807) is 34.9 Å². The Balaban J connectivity index is 2.16. The molecule has 1 N–H and O–H groups in total. The summed E-state index contributed by atoms with van der Waals surface area (Å²) in [6.45, 7) is 0.397. The summed E-state index contributed by atoms with van der Waals surface area (Å²) in [5, 5.41) is 11.5. The van der Waals surface area contributed by atoms with Crippen LogP contribution in [0.1, 0.15) is 16.1 Å². The minimum atomic E-state index is -0.472. The Morgan fingerprint density at radius 2 is 1.96 bits per heavy atom. The molecular formula is C17H13Cl2NO3. The van der Waals surface area contributed by atoms with Crippen molar-refractivity contribution in [3.8, 4) is 5.75 Å². The summed E-state index contributed by atoms with van der Waals surface area (Å²) in [5.74, 6) is -0.360. The third-order valence-electron chi connectivity index (χ3n) is 3.64. The van der Waals surface area contributed by atoms with Crippen LogP contribution < -0.4 is 0 Å². The summed E-state index contributed by atoms with van der Waals surface area (Å²) in [6, 6.07) is 12.0. The molecule has 6 heteroatoms. The van der Waals surface area contributed by atoms with Crippen molar-refractivity contribution in [1.82, 2.24) is 4.57 Å². The van der Waals surface area contributed by atoms with Gasteiger partial charge in [0.15, 0.2) is 0 Å². The van der Waals surface area contributed by atoms with Gasteiger partial charge in [-0.3, -0.25) is 0 Å². The minimum absolute atomic E-state index is 0.112. The standard InChI is InChI=1S/C17H13Cl2NO3/c1-23-17(22)15-8-11-14(3-2-4-16(11)21)20(15)9-10-5-6-12(18)13(19)7-10/h2-8,21H,9H2,1H3. The lowest BCUT2D eigenvalue weighted by atomic mass is 10.2. The number of halogens is 2. The molecule has 2 aromatic carbocycles. The Hall–Kier alpha value is -2.17. The van der Waals surface area contributed by atoms with Crippen molar-refractivity contribution in [3.63, 3.8) is 0 Å². The highest BCUT2D eigenvalue weighted by atomic mass is 35.5. The van der Waals surface area contributed by atoms with Crippen LogP contribution in [0.3, 0.4) is 0 Å². The Morgan fingerprint density at radius 1 is 1.17 bits per heavy atom. The van der Waals surface area contributed by atoms with E-state index in [4.69, 9.17) is 27.9 Å². The largest absolute Gasteiger partial charge is 0.507 e. The number of carbonyl (C=O) groups excluding carboxylic acids is 1. The van der Waals surface area contributed by atoms with Crippen LogP contribution in [0.5, 0.6) is 5.75 Å². The van der Waals surface area contributed by atoms with E-state index in [2.05, 4.69) is 0 Å². The molecule has 0 aliphatic rings. The van der Waals surface area contributed by atoms with Gasteiger partial charge in [0.05, 0.1) is 22.7 Å². The van der Waals surface area contributed by atoms with E-state index >= 15 is 0 Å². The number of hydrogen-bond acceptors (Lipinski definition) is 3. The minimum Gasteiger partial charge on any atom is -0.507 e. The zero-order chi connectivity index (χ0) is 16.6. The quantitative estimate of drug-likeness (QED) is 0.708. The molecule has 0 atom stereocenters. The van der Waals surface area contributed by atoms with E-state index in [0.29, 0.717) is 27.7 Å². The summed E-state index contributed by atoms with van der Waals surface area (Å²) >= 11 is 12.0. The lowest BCUT2D eigenvalue weighted by Gasteiger charge is -2.10. The van der Waals surface area contributed by atoms with Crippen LogP contribution in [0.25, 0.3) is 10.9 Å². The number of nitrogens with zero attached hydrogens (tertiary/aromatic N) is 1. The van der Waals surface area contributed by atoms with E-state index in [-0.39, 0.29) is 5.75 Å². The molecule has 3 aromatic rings. The van der Waals surface area contributed by atoms with Gasteiger partial charge in [-0.2, -0.15) is 0 Å². The zero-order valence-corrected chi connectivity index (χ0v) is 13.7. The number of methoxy groups -OCH3 is 1. The van der Waals surface area contributed by atoms with E-state index in [1.807, 2.05) is 12.1 Å². The van der Waals surface area contributed by atoms with Crippen LogP contribution in [-0.2, 0) is 11.3 Å². The highest BCUT2D eigenvalue weighted by molar-refractivity contribution is 6.42. The Labute approximate surface area is 142 Å². The summed E-state index contributed by atoms with van der Waals surface area (Å²) < 4.78 is 6.62. The summed E-state index contributed by atoms with van der Waals surface area (Å²) in [5.41, 5.74) is 1.97. The second-order valence-corrected chi connectivity index (χ2v) is 5.88. The number of phenolic OH excluding ortho intramolecular Hbond substituents is 1. The fourth-order valence-electron chi connectivity index (χ4n) is 2.53. The molecule has 1 aromatic heterocycles. The van der Waals surface area contributed by atoms with Crippen LogP contribution in [0.15, 0.2) is 42.5 Å². The number of phenols is 1. The van der Waals surface area contributed by atoms with Crippen LogP contribution in [-0.4, -0.2) is 22.8 Å². The average molecular weight is 350 g/mol. The van der Waals surface area contributed by atoms with Gasteiger partial charge in [0.2, 0.25) is 0 Å². The molecule has 0 fully saturated rings. The number of rotatable bonds is 3. The predicted molar refractivity (Wildman–Crippen MR) is 90.5 cm³/mol. The lowest BCUT2D eigenvalue weighted by Crippen LogP contribution is -2.11. The molecular weight excluding hydrogens is 337 g/mol. The van der Waals surface area contributed by atoms with Crippen molar-refractivity contribution < 1.29 is 14.6 Å². The van der Waals surface area contributed by atoms with Crippen molar-refractivity contribution in [2.45, 2.75) is 6.54 Å². The van der Waals surface area contributed by atoms with Crippen LogP contribution >= 0.6 is 23.2 Å². The lowest BCUT2D eigenvalue weighted by molar-refractivity contribution is 0.0589. The topological polar surface area (TPSA) is 51.5 Å². The molecule has 4 nitrogen and oxygen atoms in total. The molecule has 0 aliphatic carbocycles. The average Bonchev–Trinajstić information content (AvgIpc) is 2.90. The maximum absolute atomic E-state index is 12.1. The summed E-state index contributed by atoms with van der Waals surface area (Å²) in [4.78, 5) is 12.1. The highest BCUT2D eigenvalue weighted by Gasteiger charge is 2.18. The highest BCUT2D eigenvalue weighted by Crippen LogP contribution is 2.30. The molecule has 118 valence electrons. The Bertz CT molecular complexity index is 902. The number of aromatic hydroxyl groups is 1. The van der Waals surface area contributed by atoms with E-state index in [9.17, 15) is 9.90 Å². The summed E-state index contributed by atoms with van der Waals surface area (Å²) in [7, 11) is 1.32. The van der Waals surface area contributed by atoms with Crippen molar-refractivity contribution in [3.05, 3.63) is 63.8 Å². The van der Waals surface area contributed by atoms with E-state index in [1.165, 1.54) is 7.11 Å². The number of ether oxygens (including phenoxy) is 1. The van der Waals surface area contributed by atoms with Crippen LogP contribution in [0, 0.1) is 0 Å². The van der Waals surface area contributed by atoms with Gasteiger partial charge in [0.25, 0.3) is 0 Å². The first-order valence-corrected chi connectivity index (χ1v) is 7.60. The van der Waals surface area contributed by atoms with Gasteiger partial charge in [-0.25, -0.2) is 4.79 Å².